The molecule has 0 bridgehead atoms. The van der Waals surface area contributed by atoms with Crippen molar-refractivity contribution in [2.24, 2.45) is 5.92 Å². The predicted molar refractivity (Wildman–Crippen MR) is 137 cm³/mol. The molecule has 35 heavy (non-hydrogen) atoms. The summed E-state index contributed by atoms with van der Waals surface area (Å²) in [6.07, 6.45) is 7.14. The summed E-state index contributed by atoms with van der Waals surface area (Å²) in [4.78, 5) is 15.9. The standard InChI is InChI=1S/C29H36N2O4/c1-19(13-20-9-6-5-7-10-20)17-31(18-23-14-21-11-8-12-24(21)30-23)28(32)22-15-25(33-4)27-26(16-22)34-29(2,3)35-27/h5-7,9-10,13,15-16,21,23-24,30H,8,11-12,14,17-18H2,1-4H3/b19-13+/t21-,23-,24-/m0/s1. The second kappa shape index (κ2) is 9.57. The Balaban J connectivity index is 1.41. The van der Waals surface area contributed by atoms with Gasteiger partial charge in [-0.1, -0.05) is 48.4 Å². The van der Waals surface area contributed by atoms with Gasteiger partial charge in [-0.25, -0.2) is 0 Å². The molecule has 6 heteroatoms. The van der Waals surface area contributed by atoms with Crippen molar-refractivity contribution in [1.29, 1.82) is 0 Å². The lowest BCUT2D eigenvalue weighted by molar-refractivity contribution is -0.0439. The van der Waals surface area contributed by atoms with Gasteiger partial charge in [-0.3, -0.25) is 4.79 Å². The maximum absolute atomic E-state index is 13.9. The molecule has 6 nitrogen and oxygen atoms in total. The zero-order valence-corrected chi connectivity index (χ0v) is 21.2. The fraction of sp³-hybridized carbons (Fsp3) is 0.483. The van der Waals surface area contributed by atoms with E-state index in [1.165, 1.54) is 19.3 Å². The molecule has 0 aromatic heterocycles. The van der Waals surface area contributed by atoms with E-state index in [2.05, 4.69) is 30.4 Å². The number of nitrogens with one attached hydrogen (secondary N) is 1. The van der Waals surface area contributed by atoms with E-state index in [1.54, 1.807) is 19.2 Å². The predicted octanol–water partition coefficient (Wildman–Crippen LogP) is 5.28. The summed E-state index contributed by atoms with van der Waals surface area (Å²) in [5.74, 6) is 1.53. The molecule has 3 atom stereocenters. The number of fused-ring (bicyclic) bond motifs is 2. The van der Waals surface area contributed by atoms with Crippen LogP contribution in [0, 0.1) is 5.92 Å². The van der Waals surface area contributed by atoms with Gasteiger partial charge in [0.2, 0.25) is 11.5 Å². The van der Waals surface area contributed by atoms with Crippen molar-refractivity contribution in [2.45, 2.75) is 64.3 Å². The third-order valence-corrected chi connectivity index (χ3v) is 7.27. The van der Waals surface area contributed by atoms with E-state index in [-0.39, 0.29) is 5.91 Å². The smallest absolute Gasteiger partial charge is 0.254 e. The minimum Gasteiger partial charge on any atom is -0.493 e. The second-order valence-electron chi connectivity index (χ2n) is 10.6. The molecule has 1 amide bonds. The van der Waals surface area contributed by atoms with Crippen LogP contribution in [0.15, 0.2) is 48.0 Å². The van der Waals surface area contributed by atoms with E-state index < -0.39 is 5.79 Å². The molecular weight excluding hydrogens is 440 g/mol. The number of carbonyl (C=O) groups excluding carboxylic acids is 1. The number of nitrogens with zero attached hydrogens (tertiary/aromatic N) is 1. The van der Waals surface area contributed by atoms with Crippen molar-refractivity contribution < 1.29 is 19.0 Å². The molecule has 3 aliphatic rings. The van der Waals surface area contributed by atoms with Crippen LogP contribution in [0.25, 0.3) is 6.08 Å². The number of rotatable bonds is 7. The van der Waals surface area contributed by atoms with Crippen molar-refractivity contribution >= 4 is 12.0 Å². The van der Waals surface area contributed by atoms with E-state index in [9.17, 15) is 4.79 Å². The van der Waals surface area contributed by atoms with Gasteiger partial charge in [-0.2, -0.15) is 0 Å². The highest BCUT2D eigenvalue weighted by atomic mass is 16.7. The van der Waals surface area contributed by atoms with Crippen molar-refractivity contribution in [2.75, 3.05) is 20.2 Å². The van der Waals surface area contributed by atoms with Gasteiger partial charge in [0.1, 0.15) is 0 Å². The van der Waals surface area contributed by atoms with Crippen LogP contribution in [0.4, 0.5) is 0 Å². The fourth-order valence-electron chi connectivity index (χ4n) is 5.81. The number of hydrogen-bond acceptors (Lipinski definition) is 5. The van der Waals surface area contributed by atoms with Crippen molar-refractivity contribution in [3.05, 3.63) is 59.2 Å². The van der Waals surface area contributed by atoms with Crippen molar-refractivity contribution in [3.8, 4) is 17.2 Å². The van der Waals surface area contributed by atoms with Crippen molar-refractivity contribution in [1.82, 2.24) is 10.2 Å². The van der Waals surface area contributed by atoms with E-state index in [4.69, 9.17) is 14.2 Å². The highest BCUT2D eigenvalue weighted by molar-refractivity contribution is 5.96. The topological polar surface area (TPSA) is 60.0 Å². The molecule has 1 saturated heterocycles. The van der Waals surface area contributed by atoms with Gasteiger partial charge in [0.15, 0.2) is 11.5 Å². The number of hydrogen-bond donors (Lipinski definition) is 1. The van der Waals surface area contributed by atoms with E-state index in [0.29, 0.717) is 48.0 Å². The van der Waals surface area contributed by atoms with E-state index in [0.717, 1.165) is 23.5 Å². The normalized spacial score (nSPS) is 24.3. The summed E-state index contributed by atoms with van der Waals surface area (Å²) in [6, 6.07) is 14.7. The Morgan fingerprint density at radius 1 is 1.20 bits per heavy atom. The minimum absolute atomic E-state index is 0.0286. The summed E-state index contributed by atoms with van der Waals surface area (Å²) in [5, 5.41) is 3.80. The maximum atomic E-state index is 13.9. The molecule has 2 aromatic carbocycles. The van der Waals surface area contributed by atoms with Gasteiger partial charge in [0.05, 0.1) is 7.11 Å². The van der Waals surface area contributed by atoms with Gasteiger partial charge >= 0.3 is 0 Å². The molecule has 0 radical (unpaired) electrons. The number of ether oxygens (including phenoxy) is 3. The first-order valence-electron chi connectivity index (χ1n) is 12.7. The summed E-state index contributed by atoms with van der Waals surface area (Å²) in [5.41, 5.74) is 2.82. The number of methoxy groups -OCH3 is 1. The number of benzene rings is 2. The van der Waals surface area contributed by atoms with E-state index >= 15 is 0 Å². The van der Waals surface area contributed by atoms with Gasteiger partial charge in [0, 0.05) is 44.6 Å². The first-order chi connectivity index (χ1) is 16.8. The molecule has 186 valence electrons. The minimum atomic E-state index is -0.794. The van der Waals surface area contributed by atoms with Crippen LogP contribution >= 0.6 is 0 Å². The summed E-state index contributed by atoms with van der Waals surface area (Å²) < 4.78 is 17.4. The third-order valence-electron chi connectivity index (χ3n) is 7.27. The Labute approximate surface area is 208 Å². The van der Waals surface area contributed by atoms with Crippen LogP contribution in [0.5, 0.6) is 17.2 Å². The number of carbonyl (C=O) groups is 1. The monoisotopic (exact) mass is 476 g/mol. The van der Waals surface area contributed by atoms with Gasteiger partial charge in [-0.15, -0.1) is 0 Å². The van der Waals surface area contributed by atoms with Crippen molar-refractivity contribution in [3.63, 3.8) is 0 Å². The molecular formula is C29H36N2O4. The molecule has 2 aromatic rings. The van der Waals surface area contributed by atoms with Gasteiger partial charge in [-0.05, 0) is 49.8 Å². The molecule has 1 aliphatic carbocycles. The first-order valence-corrected chi connectivity index (χ1v) is 12.7. The SMILES string of the molecule is COc1cc(C(=O)N(C/C(C)=C/c2ccccc2)C[C@@H]2C[C@@H]3CCC[C@@H]3N2)cc2c1OC(C)(C)O2. The zero-order chi connectivity index (χ0) is 24.6. The molecule has 1 saturated carbocycles. The molecule has 5 rings (SSSR count). The van der Waals surface area contributed by atoms with Gasteiger partial charge < -0.3 is 24.4 Å². The quantitative estimate of drug-likeness (QED) is 0.589. The molecule has 1 N–H and O–H groups in total. The Morgan fingerprint density at radius 2 is 2.00 bits per heavy atom. The second-order valence-corrected chi connectivity index (χ2v) is 10.6. The summed E-state index contributed by atoms with van der Waals surface area (Å²) >= 11 is 0. The number of amides is 1. The Kier molecular flexibility index (Phi) is 6.49. The zero-order valence-electron chi connectivity index (χ0n) is 21.2. The average Bonchev–Trinajstić information content (AvgIpc) is 3.50. The van der Waals surface area contributed by atoms with Crippen LogP contribution in [0.2, 0.25) is 0 Å². The fourth-order valence-corrected chi connectivity index (χ4v) is 5.81. The molecule has 2 aliphatic heterocycles. The molecule has 0 spiro atoms. The molecule has 2 fully saturated rings. The molecule has 0 unspecified atom stereocenters. The highest BCUT2D eigenvalue weighted by Gasteiger charge is 2.39. The summed E-state index contributed by atoms with van der Waals surface area (Å²) in [7, 11) is 1.59. The third kappa shape index (κ3) is 5.18. The summed E-state index contributed by atoms with van der Waals surface area (Å²) in [6.45, 7) is 7.02. The van der Waals surface area contributed by atoms with Crippen LogP contribution in [0.1, 0.15) is 62.4 Å². The van der Waals surface area contributed by atoms with Crippen LogP contribution in [0.3, 0.4) is 0 Å². The average molecular weight is 477 g/mol. The molecule has 2 heterocycles. The highest BCUT2D eigenvalue weighted by Crippen LogP contribution is 2.47. The maximum Gasteiger partial charge on any atom is 0.254 e. The lowest BCUT2D eigenvalue weighted by Crippen LogP contribution is -2.43. The van der Waals surface area contributed by atoms with E-state index in [1.807, 2.05) is 36.9 Å². The lowest BCUT2D eigenvalue weighted by Gasteiger charge is -2.27. The lowest BCUT2D eigenvalue weighted by atomic mass is 10.0. The Bertz CT molecular complexity index is 1100. The Hall–Kier alpha value is -2.99. The van der Waals surface area contributed by atoms with Crippen LogP contribution in [-0.2, 0) is 0 Å². The Morgan fingerprint density at radius 3 is 2.74 bits per heavy atom. The van der Waals surface area contributed by atoms with Gasteiger partial charge in [0.25, 0.3) is 5.91 Å². The first kappa shape index (κ1) is 23.7. The largest absolute Gasteiger partial charge is 0.493 e. The van der Waals surface area contributed by atoms with Crippen LogP contribution < -0.4 is 19.5 Å². The van der Waals surface area contributed by atoms with Crippen LogP contribution in [-0.4, -0.2) is 48.9 Å².